The second kappa shape index (κ2) is 18.7. The van der Waals surface area contributed by atoms with Crippen molar-refractivity contribution in [1.82, 2.24) is 14.9 Å². The van der Waals surface area contributed by atoms with E-state index in [9.17, 15) is 29.7 Å². The first-order valence-corrected chi connectivity index (χ1v) is 21.9. The van der Waals surface area contributed by atoms with Crippen LogP contribution in [0.15, 0.2) is 115 Å². The predicted octanol–water partition coefficient (Wildman–Crippen LogP) is 8.99. The van der Waals surface area contributed by atoms with Crippen LogP contribution in [0.5, 0.6) is 23.0 Å². The number of dihydropyridines is 1. The Balaban J connectivity index is 1.30. The lowest BCUT2D eigenvalue weighted by Gasteiger charge is -2.33. The van der Waals surface area contributed by atoms with E-state index in [2.05, 4.69) is 58.0 Å². The third-order valence-corrected chi connectivity index (χ3v) is 12.9. The summed E-state index contributed by atoms with van der Waals surface area (Å²) in [4.78, 5) is 45.1. The molecule has 0 saturated heterocycles. The number of fused-ring (bicyclic) bond motifs is 5. The fourth-order valence-corrected chi connectivity index (χ4v) is 9.79. The van der Waals surface area contributed by atoms with E-state index in [1.807, 2.05) is 47.3 Å². The molecule has 5 atom stereocenters. The van der Waals surface area contributed by atoms with E-state index in [0.717, 1.165) is 52.7 Å². The van der Waals surface area contributed by atoms with Crippen LogP contribution >= 0.6 is 0 Å². The van der Waals surface area contributed by atoms with Crippen molar-refractivity contribution >= 4 is 34.0 Å². The van der Waals surface area contributed by atoms with E-state index in [1.165, 1.54) is 31.2 Å². The van der Waals surface area contributed by atoms with Crippen LogP contribution in [0.25, 0.3) is 10.8 Å². The van der Waals surface area contributed by atoms with Crippen LogP contribution in [-0.4, -0.2) is 68.7 Å². The standard InChI is InChI=1S/C51H56N4O8/c1-31(56)17-19-55-46-13-7-10-36-29-54(30-45(36)46)47(37-22-48(60)51(61)49(23-37)62-3)26-40(59)25-41(63-32(2)57)15-14-33-8-4-5-12-42(33)44-28-52-27-38(44)21-43(34-9-6-11-39(58)20-34)35-16-18-53-50(55)24-35/h5-7,9-13,16,20,22-24,27-30,33,41-43,47,52-53,58,60-61H,4,8,14-15,17-19,21,25-26H2,1-3H3. The number of carbonyl (C=O) groups excluding carboxylic acids is 3. The van der Waals surface area contributed by atoms with E-state index >= 15 is 0 Å². The largest absolute Gasteiger partial charge is 0.508 e. The third-order valence-electron chi connectivity index (χ3n) is 12.9. The lowest BCUT2D eigenvalue weighted by atomic mass is 9.75. The van der Waals surface area contributed by atoms with Crippen LogP contribution in [0.3, 0.4) is 0 Å². The number of aromatic amines is 1. The molecule has 5 aromatic rings. The summed E-state index contributed by atoms with van der Waals surface area (Å²) in [6.45, 7) is 3.89. The molecule has 12 nitrogen and oxygen atoms in total. The number of H-pyrrole nitrogens is 1. The van der Waals surface area contributed by atoms with Gasteiger partial charge < -0.3 is 44.6 Å². The number of Topliss-reactive ketones (excluding diaryl/α,β-unsaturated/α-hetero) is 2. The van der Waals surface area contributed by atoms with Gasteiger partial charge in [-0.05, 0) is 109 Å². The molecule has 1 aliphatic carbocycles. The molecule has 12 heteroatoms. The van der Waals surface area contributed by atoms with E-state index in [4.69, 9.17) is 9.47 Å². The number of esters is 1. The number of benzene rings is 3. The molecule has 63 heavy (non-hydrogen) atoms. The minimum atomic E-state index is -0.652. The quantitative estimate of drug-likeness (QED) is 0.0606. The number of phenols is 3. The number of allylic oxidation sites excluding steroid dienone is 4. The lowest BCUT2D eigenvalue weighted by molar-refractivity contribution is -0.148. The molecule has 0 saturated carbocycles. The van der Waals surface area contributed by atoms with Crippen LogP contribution in [-0.2, 0) is 25.5 Å². The summed E-state index contributed by atoms with van der Waals surface area (Å²) in [5, 5.41) is 37.6. The van der Waals surface area contributed by atoms with Crippen molar-refractivity contribution in [3.63, 3.8) is 0 Å². The summed E-state index contributed by atoms with van der Waals surface area (Å²) < 4.78 is 13.3. The van der Waals surface area contributed by atoms with Crippen molar-refractivity contribution in [2.24, 2.45) is 5.92 Å². The molecular formula is C51H56N4O8. The highest BCUT2D eigenvalue weighted by Crippen LogP contribution is 2.44. The maximum absolute atomic E-state index is 14.4. The predicted molar refractivity (Wildman–Crippen MR) is 242 cm³/mol. The third kappa shape index (κ3) is 9.55. The number of aromatic hydroxyl groups is 3. The summed E-state index contributed by atoms with van der Waals surface area (Å²) in [5.74, 6) is -0.0418. The number of rotatable bonds is 7. The molecule has 0 radical (unpaired) electrons. The minimum absolute atomic E-state index is 0.00527. The maximum atomic E-state index is 14.4. The van der Waals surface area contributed by atoms with Gasteiger partial charge in [-0.25, -0.2) is 0 Å². The van der Waals surface area contributed by atoms with E-state index in [1.54, 1.807) is 19.1 Å². The van der Waals surface area contributed by atoms with Gasteiger partial charge in [-0.1, -0.05) is 42.5 Å². The molecule has 2 aliphatic heterocycles. The van der Waals surface area contributed by atoms with Crippen molar-refractivity contribution in [3.8, 4) is 23.0 Å². The number of ether oxygens (including phenoxy) is 2. The first-order chi connectivity index (χ1) is 30.4. The summed E-state index contributed by atoms with van der Waals surface area (Å²) in [7, 11) is 1.40. The highest BCUT2D eigenvalue weighted by atomic mass is 16.5. The molecule has 0 fully saturated rings. The van der Waals surface area contributed by atoms with Gasteiger partial charge in [-0.2, -0.15) is 0 Å². The Morgan fingerprint density at radius 3 is 2.56 bits per heavy atom. The molecule has 2 aromatic heterocycles. The van der Waals surface area contributed by atoms with Crippen LogP contribution in [0.1, 0.15) is 98.9 Å². The van der Waals surface area contributed by atoms with Gasteiger partial charge >= 0.3 is 5.97 Å². The number of ketones is 2. The molecule has 5 N–H and O–H groups in total. The van der Waals surface area contributed by atoms with Crippen LogP contribution in [0.4, 0.5) is 5.69 Å². The number of nitrogens with zero attached hydrogens (tertiary/aromatic N) is 2. The monoisotopic (exact) mass is 852 g/mol. The van der Waals surface area contributed by atoms with Gasteiger partial charge in [-0.3, -0.25) is 14.4 Å². The molecule has 3 aromatic carbocycles. The molecule has 8 rings (SSSR count). The van der Waals surface area contributed by atoms with E-state index in [-0.39, 0.29) is 59.4 Å². The number of nitrogens with one attached hydrogen (secondary N) is 2. The molecule has 328 valence electrons. The van der Waals surface area contributed by atoms with Crippen molar-refractivity contribution in [1.29, 1.82) is 0 Å². The molecule has 4 heterocycles. The van der Waals surface area contributed by atoms with Gasteiger partial charge in [0.15, 0.2) is 11.5 Å². The average Bonchev–Trinajstić information content (AvgIpc) is 3.92. The molecule has 5 unspecified atom stereocenters. The number of hydrogen-bond donors (Lipinski definition) is 5. The number of anilines is 1. The van der Waals surface area contributed by atoms with E-state index in [0.29, 0.717) is 37.9 Å². The summed E-state index contributed by atoms with van der Waals surface area (Å²) in [6, 6.07) is 15.9. The molecule has 0 spiro atoms. The number of methoxy groups -OCH3 is 1. The Kier molecular flexibility index (Phi) is 12.8. The Bertz CT molecular complexity index is 2600. The SMILES string of the molecule is COc1cc(C2CC(=O)CC(OC(C)=O)CCC3CCC=CC3c3c[nH]cc3CC(c3cccc(O)c3)C3=CCNC(=C3)N(CCC(C)=O)c3cccc4cn2cc34)cc(O)c1O. The number of hydrogen-bond acceptors (Lipinski definition) is 10. The van der Waals surface area contributed by atoms with Gasteiger partial charge in [0.05, 0.1) is 18.8 Å². The highest BCUT2D eigenvalue weighted by Gasteiger charge is 2.31. The Morgan fingerprint density at radius 1 is 0.921 bits per heavy atom. The van der Waals surface area contributed by atoms with Crippen molar-refractivity contribution in [3.05, 3.63) is 137 Å². The fourth-order valence-electron chi connectivity index (χ4n) is 9.79. The second-order valence-electron chi connectivity index (χ2n) is 17.1. The normalized spacial score (nSPS) is 21.9. The summed E-state index contributed by atoms with van der Waals surface area (Å²) in [5.41, 5.74) is 5.80. The van der Waals surface area contributed by atoms with Crippen LogP contribution in [0, 0.1) is 5.92 Å². The Hall–Kier alpha value is -6.69. The number of aromatic nitrogens is 2. The Morgan fingerprint density at radius 2 is 1.76 bits per heavy atom. The zero-order chi connectivity index (χ0) is 44.2. The average molecular weight is 853 g/mol. The Labute approximate surface area is 367 Å². The maximum Gasteiger partial charge on any atom is 0.302 e. The topological polar surface area (TPSA) is 166 Å². The van der Waals surface area contributed by atoms with Gasteiger partial charge in [0.1, 0.15) is 29.2 Å². The first-order valence-electron chi connectivity index (χ1n) is 21.9. The lowest BCUT2D eigenvalue weighted by Crippen LogP contribution is -2.35. The van der Waals surface area contributed by atoms with Gasteiger partial charge in [0.25, 0.3) is 0 Å². The number of carbonyl (C=O) groups is 3. The summed E-state index contributed by atoms with van der Waals surface area (Å²) in [6.07, 6.45) is 20.4. The van der Waals surface area contributed by atoms with Crippen LogP contribution in [0.2, 0.25) is 0 Å². The zero-order valence-corrected chi connectivity index (χ0v) is 36.1. The van der Waals surface area contributed by atoms with E-state index < -0.39 is 23.9 Å². The van der Waals surface area contributed by atoms with Gasteiger partial charge in [0, 0.05) is 86.7 Å². The van der Waals surface area contributed by atoms with Crippen molar-refractivity contribution < 1.29 is 39.2 Å². The van der Waals surface area contributed by atoms with Gasteiger partial charge in [0.2, 0.25) is 5.75 Å². The van der Waals surface area contributed by atoms with Crippen LogP contribution < -0.4 is 15.0 Å². The zero-order valence-electron chi connectivity index (χ0n) is 36.1. The molecule has 0 amide bonds. The molecule has 3 aliphatic rings. The smallest absolute Gasteiger partial charge is 0.302 e. The van der Waals surface area contributed by atoms with Crippen molar-refractivity contribution in [2.45, 2.75) is 89.2 Å². The fraction of sp³-hybridized carbons (Fsp3) is 0.353. The molecule has 4 bridgehead atoms. The van der Waals surface area contributed by atoms with Gasteiger partial charge in [-0.15, -0.1) is 0 Å². The minimum Gasteiger partial charge on any atom is -0.508 e. The first kappa shape index (κ1) is 43.0. The second-order valence-corrected chi connectivity index (χ2v) is 17.1. The summed E-state index contributed by atoms with van der Waals surface area (Å²) >= 11 is 0. The van der Waals surface area contributed by atoms with Crippen molar-refractivity contribution in [2.75, 3.05) is 25.1 Å². The molecular weight excluding hydrogens is 797 g/mol. The highest BCUT2D eigenvalue weighted by molar-refractivity contribution is 5.95. The number of phenolic OH excluding ortho intramolecular Hbond substituents is 3.